The first kappa shape index (κ1) is 14.0. The Labute approximate surface area is 118 Å². The van der Waals surface area contributed by atoms with Crippen molar-refractivity contribution in [2.45, 2.75) is 33.2 Å². The van der Waals surface area contributed by atoms with Crippen molar-refractivity contribution in [2.24, 2.45) is 0 Å². The quantitative estimate of drug-likeness (QED) is 0.913. The lowest BCUT2D eigenvalue weighted by molar-refractivity contribution is 0.484. The number of aryl methyl sites for hydroxylation is 1. The molecule has 0 saturated heterocycles. The average molecular weight is 280 g/mol. The van der Waals surface area contributed by atoms with Gasteiger partial charge in [0.1, 0.15) is 0 Å². The lowest BCUT2D eigenvalue weighted by Crippen LogP contribution is -2.25. The zero-order chi connectivity index (χ0) is 13.8. The number of hydrogen-bond donors (Lipinski definition) is 1. The minimum atomic E-state index is 0.452. The van der Waals surface area contributed by atoms with Gasteiger partial charge in [-0.05, 0) is 18.6 Å². The maximum Gasteiger partial charge on any atom is 0.249 e. The van der Waals surface area contributed by atoms with E-state index in [0.717, 1.165) is 17.7 Å². The summed E-state index contributed by atoms with van der Waals surface area (Å²) in [7, 11) is 0. The number of rotatable bonds is 5. The fourth-order valence-electron chi connectivity index (χ4n) is 1.74. The molecule has 0 radical (unpaired) electrons. The first-order valence-electron chi connectivity index (χ1n) is 6.39. The van der Waals surface area contributed by atoms with Gasteiger partial charge in [0, 0.05) is 19.0 Å². The third-order valence-corrected chi connectivity index (χ3v) is 3.28. The lowest BCUT2D eigenvalue weighted by atomic mass is 10.1. The molecule has 0 amide bonds. The summed E-state index contributed by atoms with van der Waals surface area (Å²) in [6.45, 7) is 6.98. The molecule has 102 valence electrons. The van der Waals surface area contributed by atoms with E-state index in [4.69, 9.17) is 16.0 Å². The van der Waals surface area contributed by atoms with E-state index in [9.17, 15) is 0 Å². The molecule has 0 aliphatic rings. The van der Waals surface area contributed by atoms with Crippen LogP contribution < -0.4 is 5.32 Å². The van der Waals surface area contributed by atoms with Gasteiger partial charge < -0.3 is 9.73 Å². The molecule has 1 aromatic carbocycles. The summed E-state index contributed by atoms with van der Waals surface area (Å²) in [6.07, 6.45) is 0.717. The zero-order valence-corrected chi connectivity index (χ0v) is 12.2. The second-order valence-corrected chi connectivity index (χ2v) is 5.17. The van der Waals surface area contributed by atoms with Gasteiger partial charge in [-0.15, -0.1) is 10.2 Å². The van der Waals surface area contributed by atoms with E-state index in [0.29, 0.717) is 29.3 Å². The van der Waals surface area contributed by atoms with Crippen molar-refractivity contribution in [3.63, 3.8) is 0 Å². The molecule has 0 aliphatic heterocycles. The van der Waals surface area contributed by atoms with Crippen LogP contribution in [0.2, 0.25) is 5.02 Å². The normalized spacial score (nSPS) is 11.2. The predicted octanol–water partition coefficient (Wildman–Crippen LogP) is 3.24. The summed E-state index contributed by atoms with van der Waals surface area (Å²) in [6, 6.07) is 6.23. The molecule has 1 aromatic heterocycles. The molecule has 1 N–H and O–H groups in total. The zero-order valence-electron chi connectivity index (χ0n) is 11.4. The maximum atomic E-state index is 6.24. The van der Waals surface area contributed by atoms with Crippen molar-refractivity contribution in [2.75, 3.05) is 6.54 Å². The van der Waals surface area contributed by atoms with Crippen LogP contribution in [0.5, 0.6) is 0 Å². The smallest absolute Gasteiger partial charge is 0.249 e. The SMILES string of the molecule is Cc1cccc(-c2nnc(CCNC(C)C)o2)c1Cl. The average Bonchev–Trinajstić information content (AvgIpc) is 2.81. The highest BCUT2D eigenvalue weighted by Gasteiger charge is 2.12. The van der Waals surface area contributed by atoms with Crippen LogP contribution in [0.1, 0.15) is 25.3 Å². The van der Waals surface area contributed by atoms with Crippen LogP contribution in [0, 0.1) is 6.92 Å². The Morgan fingerprint density at radius 3 is 2.84 bits per heavy atom. The Morgan fingerprint density at radius 1 is 1.32 bits per heavy atom. The summed E-state index contributed by atoms with van der Waals surface area (Å²) in [5.41, 5.74) is 1.79. The van der Waals surface area contributed by atoms with Gasteiger partial charge in [-0.3, -0.25) is 0 Å². The summed E-state index contributed by atoms with van der Waals surface area (Å²) >= 11 is 6.24. The van der Waals surface area contributed by atoms with Gasteiger partial charge in [-0.2, -0.15) is 0 Å². The summed E-state index contributed by atoms with van der Waals surface area (Å²) in [5, 5.41) is 12.1. The molecule has 19 heavy (non-hydrogen) atoms. The molecular weight excluding hydrogens is 262 g/mol. The number of nitrogens with one attached hydrogen (secondary N) is 1. The molecule has 0 aliphatic carbocycles. The van der Waals surface area contributed by atoms with E-state index in [1.54, 1.807) is 0 Å². The number of hydrogen-bond acceptors (Lipinski definition) is 4. The molecule has 0 spiro atoms. The molecule has 5 heteroatoms. The Hall–Kier alpha value is -1.39. The van der Waals surface area contributed by atoms with Crippen LogP contribution in [0.4, 0.5) is 0 Å². The predicted molar refractivity (Wildman–Crippen MR) is 76.3 cm³/mol. The number of aromatic nitrogens is 2. The van der Waals surface area contributed by atoms with Crippen molar-refractivity contribution in [1.82, 2.24) is 15.5 Å². The summed E-state index contributed by atoms with van der Waals surface area (Å²) in [4.78, 5) is 0. The monoisotopic (exact) mass is 279 g/mol. The molecule has 4 nitrogen and oxygen atoms in total. The molecule has 2 rings (SSSR count). The maximum absolute atomic E-state index is 6.24. The largest absolute Gasteiger partial charge is 0.421 e. The van der Waals surface area contributed by atoms with Crippen LogP contribution in [0.25, 0.3) is 11.5 Å². The van der Waals surface area contributed by atoms with Crippen LogP contribution >= 0.6 is 11.6 Å². The summed E-state index contributed by atoms with van der Waals surface area (Å²) in [5.74, 6) is 1.11. The first-order valence-corrected chi connectivity index (χ1v) is 6.77. The van der Waals surface area contributed by atoms with Gasteiger partial charge in [0.15, 0.2) is 0 Å². The van der Waals surface area contributed by atoms with Crippen molar-refractivity contribution >= 4 is 11.6 Å². The van der Waals surface area contributed by atoms with Gasteiger partial charge in [0.2, 0.25) is 11.8 Å². The highest BCUT2D eigenvalue weighted by Crippen LogP contribution is 2.29. The van der Waals surface area contributed by atoms with E-state index < -0.39 is 0 Å². The fraction of sp³-hybridized carbons (Fsp3) is 0.429. The highest BCUT2D eigenvalue weighted by molar-refractivity contribution is 6.33. The van der Waals surface area contributed by atoms with E-state index in [1.165, 1.54) is 0 Å². The number of halogens is 1. The third-order valence-electron chi connectivity index (χ3n) is 2.78. The van der Waals surface area contributed by atoms with Crippen LogP contribution in [0.3, 0.4) is 0 Å². The number of benzene rings is 1. The second kappa shape index (κ2) is 6.17. The van der Waals surface area contributed by atoms with Gasteiger partial charge >= 0.3 is 0 Å². The lowest BCUT2D eigenvalue weighted by Gasteiger charge is -2.05. The minimum absolute atomic E-state index is 0.452. The molecule has 0 bridgehead atoms. The van der Waals surface area contributed by atoms with Gasteiger partial charge in [-0.1, -0.05) is 37.6 Å². The van der Waals surface area contributed by atoms with Crippen LogP contribution in [-0.2, 0) is 6.42 Å². The Balaban J connectivity index is 2.10. The van der Waals surface area contributed by atoms with Gasteiger partial charge in [0.25, 0.3) is 0 Å². The topological polar surface area (TPSA) is 51.0 Å². The number of nitrogens with zero attached hydrogens (tertiary/aromatic N) is 2. The fourth-order valence-corrected chi connectivity index (χ4v) is 1.95. The van der Waals surface area contributed by atoms with E-state index >= 15 is 0 Å². The molecule has 1 heterocycles. The Kier molecular flexibility index (Phi) is 4.56. The molecule has 0 fully saturated rings. The Bertz CT molecular complexity index is 551. The Morgan fingerprint density at radius 2 is 2.11 bits per heavy atom. The molecular formula is C14H18ClN3O. The van der Waals surface area contributed by atoms with Crippen molar-refractivity contribution in [3.05, 3.63) is 34.7 Å². The molecule has 2 aromatic rings. The van der Waals surface area contributed by atoms with Gasteiger partial charge in [0.05, 0.1) is 10.6 Å². The molecule has 0 atom stereocenters. The standard InChI is InChI=1S/C14H18ClN3O/c1-9(2)16-8-7-12-17-18-14(19-12)11-6-4-5-10(3)13(11)15/h4-6,9,16H,7-8H2,1-3H3. The van der Waals surface area contributed by atoms with Crippen molar-refractivity contribution in [3.8, 4) is 11.5 Å². The second-order valence-electron chi connectivity index (χ2n) is 4.80. The summed E-state index contributed by atoms with van der Waals surface area (Å²) < 4.78 is 5.64. The third kappa shape index (κ3) is 3.55. The molecule has 0 saturated carbocycles. The van der Waals surface area contributed by atoms with E-state index in [2.05, 4.69) is 29.4 Å². The highest BCUT2D eigenvalue weighted by atomic mass is 35.5. The van der Waals surface area contributed by atoms with Gasteiger partial charge in [-0.25, -0.2) is 0 Å². The molecule has 0 unspecified atom stereocenters. The van der Waals surface area contributed by atoms with E-state index in [-0.39, 0.29) is 0 Å². The van der Waals surface area contributed by atoms with Crippen LogP contribution in [-0.4, -0.2) is 22.8 Å². The minimum Gasteiger partial charge on any atom is -0.421 e. The van der Waals surface area contributed by atoms with E-state index in [1.807, 2.05) is 25.1 Å². The van der Waals surface area contributed by atoms with Crippen molar-refractivity contribution in [1.29, 1.82) is 0 Å². The van der Waals surface area contributed by atoms with Crippen molar-refractivity contribution < 1.29 is 4.42 Å². The first-order chi connectivity index (χ1) is 9.08. The van der Waals surface area contributed by atoms with Crippen LogP contribution in [0.15, 0.2) is 22.6 Å².